The SMILES string of the molecule is Cc1cccc([C@H](C)NC(C)c2cc(C)sc2C)c1. The van der Waals surface area contributed by atoms with Gasteiger partial charge in [-0.2, -0.15) is 0 Å². The van der Waals surface area contributed by atoms with E-state index in [-0.39, 0.29) is 0 Å². The number of hydrogen-bond donors (Lipinski definition) is 1. The highest BCUT2D eigenvalue weighted by atomic mass is 32.1. The number of thiophene rings is 1. The lowest BCUT2D eigenvalue weighted by Gasteiger charge is -2.21. The molecular weight excluding hydrogens is 250 g/mol. The molecule has 1 nitrogen and oxygen atoms in total. The summed E-state index contributed by atoms with van der Waals surface area (Å²) in [7, 11) is 0. The molecule has 0 fully saturated rings. The fourth-order valence-corrected chi connectivity index (χ4v) is 3.60. The number of hydrogen-bond acceptors (Lipinski definition) is 2. The van der Waals surface area contributed by atoms with Crippen LogP contribution in [0, 0.1) is 20.8 Å². The molecule has 2 rings (SSSR count). The van der Waals surface area contributed by atoms with Crippen molar-refractivity contribution in [2.75, 3.05) is 0 Å². The van der Waals surface area contributed by atoms with Crippen molar-refractivity contribution in [2.24, 2.45) is 0 Å². The van der Waals surface area contributed by atoms with Crippen LogP contribution in [0.1, 0.15) is 52.4 Å². The van der Waals surface area contributed by atoms with Gasteiger partial charge >= 0.3 is 0 Å². The van der Waals surface area contributed by atoms with E-state index in [9.17, 15) is 0 Å². The van der Waals surface area contributed by atoms with Crippen LogP contribution in [-0.4, -0.2) is 0 Å². The van der Waals surface area contributed by atoms with Gasteiger partial charge in [0, 0.05) is 21.8 Å². The Balaban J connectivity index is 2.10. The molecule has 0 spiro atoms. The van der Waals surface area contributed by atoms with Gasteiger partial charge in [0.25, 0.3) is 0 Å². The fourth-order valence-electron chi connectivity index (χ4n) is 2.58. The summed E-state index contributed by atoms with van der Waals surface area (Å²) in [5.41, 5.74) is 4.11. The van der Waals surface area contributed by atoms with Crippen molar-refractivity contribution >= 4 is 11.3 Å². The Kier molecular flexibility index (Phi) is 4.43. The fraction of sp³-hybridized carbons (Fsp3) is 0.412. The van der Waals surface area contributed by atoms with Crippen molar-refractivity contribution in [1.82, 2.24) is 5.32 Å². The minimum Gasteiger partial charge on any atom is -0.304 e. The van der Waals surface area contributed by atoms with Crippen LogP contribution < -0.4 is 5.32 Å². The molecule has 0 bridgehead atoms. The zero-order valence-electron chi connectivity index (χ0n) is 12.4. The Bertz CT molecular complexity index is 556. The average Bonchev–Trinajstić information content (AvgIpc) is 2.68. The first-order valence-electron chi connectivity index (χ1n) is 6.87. The minimum absolute atomic E-state index is 0.370. The molecule has 0 aliphatic heterocycles. The summed E-state index contributed by atoms with van der Waals surface area (Å²) in [4.78, 5) is 2.82. The molecule has 1 aromatic heterocycles. The molecular formula is C17H23NS. The Hall–Kier alpha value is -1.12. The molecule has 0 saturated carbocycles. The molecule has 0 aliphatic carbocycles. The first-order chi connectivity index (χ1) is 8.97. The highest BCUT2D eigenvalue weighted by Gasteiger charge is 2.14. The Morgan fingerprint density at radius 3 is 2.32 bits per heavy atom. The van der Waals surface area contributed by atoms with Crippen LogP contribution in [0.5, 0.6) is 0 Å². The molecule has 0 amide bonds. The van der Waals surface area contributed by atoms with Crippen LogP contribution >= 0.6 is 11.3 Å². The van der Waals surface area contributed by atoms with Crippen LogP contribution in [0.25, 0.3) is 0 Å². The van der Waals surface area contributed by atoms with Crippen molar-refractivity contribution in [3.8, 4) is 0 Å². The predicted molar refractivity (Wildman–Crippen MR) is 84.9 cm³/mol. The van der Waals surface area contributed by atoms with Gasteiger partial charge in [-0.1, -0.05) is 29.8 Å². The average molecular weight is 273 g/mol. The molecule has 1 unspecified atom stereocenters. The summed E-state index contributed by atoms with van der Waals surface area (Å²) in [6, 6.07) is 11.8. The normalized spacial score (nSPS) is 14.4. The van der Waals surface area contributed by atoms with E-state index in [2.05, 4.69) is 70.3 Å². The molecule has 0 saturated heterocycles. The summed E-state index contributed by atoms with van der Waals surface area (Å²) in [6.45, 7) is 11.0. The Morgan fingerprint density at radius 2 is 1.74 bits per heavy atom. The summed E-state index contributed by atoms with van der Waals surface area (Å²) >= 11 is 1.88. The number of nitrogens with one attached hydrogen (secondary N) is 1. The molecule has 1 heterocycles. The maximum Gasteiger partial charge on any atom is 0.0308 e. The van der Waals surface area contributed by atoms with E-state index in [1.165, 1.54) is 26.4 Å². The second-order valence-electron chi connectivity index (χ2n) is 5.39. The van der Waals surface area contributed by atoms with Crippen LogP contribution in [0.4, 0.5) is 0 Å². The molecule has 19 heavy (non-hydrogen) atoms. The highest BCUT2D eigenvalue weighted by molar-refractivity contribution is 7.12. The third-order valence-corrected chi connectivity index (χ3v) is 4.57. The van der Waals surface area contributed by atoms with E-state index in [0.29, 0.717) is 12.1 Å². The second kappa shape index (κ2) is 5.89. The lowest BCUT2D eigenvalue weighted by molar-refractivity contribution is 0.494. The molecule has 0 radical (unpaired) electrons. The summed E-state index contributed by atoms with van der Waals surface area (Å²) in [5, 5.41) is 3.70. The van der Waals surface area contributed by atoms with Gasteiger partial charge in [-0.25, -0.2) is 0 Å². The van der Waals surface area contributed by atoms with Gasteiger partial charge in [-0.15, -0.1) is 11.3 Å². The van der Waals surface area contributed by atoms with Gasteiger partial charge in [0.05, 0.1) is 0 Å². The molecule has 1 aromatic carbocycles. The van der Waals surface area contributed by atoms with E-state index in [4.69, 9.17) is 0 Å². The van der Waals surface area contributed by atoms with Crippen LogP contribution in [0.15, 0.2) is 30.3 Å². The van der Waals surface area contributed by atoms with Gasteiger partial charge < -0.3 is 5.32 Å². The van der Waals surface area contributed by atoms with Crippen molar-refractivity contribution in [3.63, 3.8) is 0 Å². The predicted octanol–water partition coefficient (Wildman–Crippen LogP) is 5.09. The third-order valence-electron chi connectivity index (χ3n) is 3.59. The summed E-state index contributed by atoms with van der Waals surface area (Å²) in [5.74, 6) is 0. The van der Waals surface area contributed by atoms with E-state index in [1.807, 2.05) is 11.3 Å². The van der Waals surface area contributed by atoms with Crippen LogP contribution in [0.3, 0.4) is 0 Å². The van der Waals surface area contributed by atoms with Gasteiger partial charge in [0.1, 0.15) is 0 Å². The zero-order chi connectivity index (χ0) is 14.0. The monoisotopic (exact) mass is 273 g/mol. The number of aryl methyl sites for hydroxylation is 3. The molecule has 102 valence electrons. The van der Waals surface area contributed by atoms with E-state index < -0.39 is 0 Å². The second-order valence-corrected chi connectivity index (χ2v) is 6.85. The number of rotatable bonds is 4. The standard InChI is InChI=1S/C17H23NS/c1-11-7-6-8-16(9-11)13(3)18-14(4)17-10-12(2)19-15(17)5/h6-10,13-14,18H,1-5H3/t13-,14?/m0/s1. The van der Waals surface area contributed by atoms with E-state index in [1.54, 1.807) is 0 Å². The first-order valence-corrected chi connectivity index (χ1v) is 7.68. The maximum absolute atomic E-state index is 3.70. The van der Waals surface area contributed by atoms with E-state index in [0.717, 1.165) is 0 Å². The van der Waals surface area contributed by atoms with Gasteiger partial charge in [-0.3, -0.25) is 0 Å². The highest BCUT2D eigenvalue weighted by Crippen LogP contribution is 2.28. The topological polar surface area (TPSA) is 12.0 Å². The van der Waals surface area contributed by atoms with Crippen molar-refractivity contribution in [2.45, 2.75) is 46.7 Å². The first kappa shape index (κ1) is 14.3. The molecule has 2 heteroatoms. The largest absolute Gasteiger partial charge is 0.304 e. The molecule has 1 N–H and O–H groups in total. The molecule has 2 atom stereocenters. The smallest absolute Gasteiger partial charge is 0.0308 e. The van der Waals surface area contributed by atoms with Crippen LogP contribution in [-0.2, 0) is 0 Å². The van der Waals surface area contributed by atoms with Crippen molar-refractivity contribution in [3.05, 3.63) is 56.8 Å². The van der Waals surface area contributed by atoms with Crippen molar-refractivity contribution in [1.29, 1.82) is 0 Å². The van der Waals surface area contributed by atoms with E-state index >= 15 is 0 Å². The zero-order valence-corrected chi connectivity index (χ0v) is 13.3. The van der Waals surface area contributed by atoms with Crippen molar-refractivity contribution < 1.29 is 0 Å². The Labute approximate surface area is 120 Å². The van der Waals surface area contributed by atoms with Gasteiger partial charge in [0.15, 0.2) is 0 Å². The minimum atomic E-state index is 0.370. The van der Waals surface area contributed by atoms with Gasteiger partial charge in [0.2, 0.25) is 0 Å². The molecule has 2 aromatic rings. The molecule has 0 aliphatic rings. The Morgan fingerprint density at radius 1 is 1.00 bits per heavy atom. The lowest BCUT2D eigenvalue weighted by atomic mass is 10.0. The number of benzene rings is 1. The quantitative estimate of drug-likeness (QED) is 0.818. The summed E-state index contributed by atoms with van der Waals surface area (Å²) < 4.78 is 0. The third kappa shape index (κ3) is 3.46. The maximum atomic E-state index is 3.70. The van der Waals surface area contributed by atoms with Gasteiger partial charge in [-0.05, 0) is 51.8 Å². The summed E-state index contributed by atoms with van der Waals surface area (Å²) in [6.07, 6.45) is 0. The van der Waals surface area contributed by atoms with Crippen LogP contribution in [0.2, 0.25) is 0 Å². The lowest BCUT2D eigenvalue weighted by Crippen LogP contribution is -2.22.